The van der Waals surface area contributed by atoms with Gasteiger partial charge in [-0.05, 0) is 70.8 Å². The van der Waals surface area contributed by atoms with Crippen molar-refractivity contribution in [1.82, 2.24) is 5.01 Å². The zero-order valence-corrected chi connectivity index (χ0v) is 25.8. The van der Waals surface area contributed by atoms with Gasteiger partial charge in [-0.15, -0.1) is 0 Å². The quantitative estimate of drug-likeness (QED) is 0.197. The van der Waals surface area contributed by atoms with Crippen molar-refractivity contribution in [2.75, 3.05) is 26.9 Å². The van der Waals surface area contributed by atoms with Crippen molar-refractivity contribution in [3.05, 3.63) is 88.5 Å². The first-order valence-electron chi connectivity index (χ1n) is 13.5. The van der Waals surface area contributed by atoms with Gasteiger partial charge in [-0.3, -0.25) is 10.2 Å². The summed E-state index contributed by atoms with van der Waals surface area (Å²) in [6.45, 7) is 7.22. The molecule has 11 heteroatoms. The number of nitrogens with zero attached hydrogens (tertiary/aromatic N) is 3. The van der Waals surface area contributed by atoms with Crippen molar-refractivity contribution in [3.8, 4) is 23.0 Å². The molecule has 222 valence electrons. The zero-order valence-electron chi connectivity index (χ0n) is 24.2. The van der Waals surface area contributed by atoms with E-state index in [4.69, 9.17) is 36.0 Å². The lowest BCUT2D eigenvalue weighted by Gasteiger charge is -2.20. The van der Waals surface area contributed by atoms with Gasteiger partial charge in [0, 0.05) is 0 Å². The van der Waals surface area contributed by atoms with Gasteiger partial charge in [0.15, 0.2) is 17.3 Å². The predicted molar refractivity (Wildman–Crippen MR) is 171 cm³/mol. The van der Waals surface area contributed by atoms with Crippen LogP contribution in [0.4, 0.5) is 0 Å². The lowest BCUT2D eigenvalue weighted by atomic mass is 9.87. The van der Waals surface area contributed by atoms with E-state index in [1.54, 1.807) is 12.1 Å². The SMILES string of the molecule is COc1cc(/C=C2/C(=N)N3N=C(COc4ccccc4)SC3=NC2=O)cc(Cl)c1OCCOc1ccc(C(C)(C)C)cc1. The van der Waals surface area contributed by atoms with Crippen molar-refractivity contribution in [3.63, 3.8) is 0 Å². The van der Waals surface area contributed by atoms with E-state index in [-0.39, 0.29) is 35.1 Å². The number of rotatable bonds is 10. The van der Waals surface area contributed by atoms with Gasteiger partial charge < -0.3 is 18.9 Å². The summed E-state index contributed by atoms with van der Waals surface area (Å²) >= 11 is 7.76. The summed E-state index contributed by atoms with van der Waals surface area (Å²) in [6, 6.07) is 20.7. The Kier molecular flexibility index (Phi) is 9.08. The molecule has 9 nitrogen and oxygen atoms in total. The van der Waals surface area contributed by atoms with Gasteiger partial charge in [-0.1, -0.05) is 62.7 Å². The Labute approximate surface area is 259 Å². The van der Waals surface area contributed by atoms with Crippen LogP contribution in [0.2, 0.25) is 5.02 Å². The van der Waals surface area contributed by atoms with Crippen molar-refractivity contribution < 1.29 is 23.7 Å². The maximum Gasteiger partial charge on any atom is 0.283 e. The molecule has 0 aliphatic carbocycles. The Morgan fingerprint density at radius 3 is 2.37 bits per heavy atom. The number of hydrogen-bond donors (Lipinski definition) is 1. The van der Waals surface area contributed by atoms with Gasteiger partial charge in [0.1, 0.15) is 36.4 Å². The van der Waals surface area contributed by atoms with Crippen molar-refractivity contribution in [1.29, 1.82) is 5.41 Å². The molecule has 2 aliphatic rings. The third-order valence-corrected chi connectivity index (χ3v) is 7.65. The molecule has 2 aliphatic heterocycles. The lowest BCUT2D eigenvalue weighted by Crippen LogP contribution is -2.35. The zero-order chi connectivity index (χ0) is 30.6. The summed E-state index contributed by atoms with van der Waals surface area (Å²) in [7, 11) is 1.50. The highest BCUT2D eigenvalue weighted by Gasteiger charge is 2.36. The Morgan fingerprint density at radius 1 is 0.977 bits per heavy atom. The van der Waals surface area contributed by atoms with E-state index in [9.17, 15) is 4.79 Å². The number of carbonyl (C=O) groups is 1. The maximum atomic E-state index is 12.9. The Morgan fingerprint density at radius 2 is 1.67 bits per heavy atom. The molecule has 0 spiro atoms. The van der Waals surface area contributed by atoms with Gasteiger partial charge in [0.25, 0.3) is 5.91 Å². The molecule has 0 bridgehead atoms. The largest absolute Gasteiger partial charge is 0.493 e. The van der Waals surface area contributed by atoms with Gasteiger partial charge in [0.05, 0.1) is 17.7 Å². The summed E-state index contributed by atoms with van der Waals surface area (Å²) in [5.41, 5.74) is 1.90. The lowest BCUT2D eigenvalue weighted by molar-refractivity contribution is -0.114. The minimum Gasteiger partial charge on any atom is -0.493 e. The summed E-state index contributed by atoms with van der Waals surface area (Å²) in [4.78, 5) is 17.0. The standard InChI is InChI=1S/C32H31ClN4O5S/c1-32(2,3)21-10-12-23(13-11-21)40-14-15-41-28-25(33)17-20(18-26(28)39-4)16-24-29(34)37-31(35-30(24)38)43-27(36-37)19-42-22-8-6-5-7-9-22/h5-13,16-18,34H,14-15,19H2,1-4H3/b24-16-,34-29?. The second-order valence-corrected chi connectivity index (χ2v) is 12.1. The number of aliphatic imine (C=N–C) groups is 1. The van der Waals surface area contributed by atoms with Crippen LogP contribution < -0.4 is 18.9 Å². The Hall–Kier alpha value is -4.28. The van der Waals surface area contributed by atoms with E-state index >= 15 is 0 Å². The molecule has 43 heavy (non-hydrogen) atoms. The highest BCUT2D eigenvalue weighted by molar-refractivity contribution is 8.27. The number of para-hydroxylation sites is 1. The monoisotopic (exact) mass is 618 g/mol. The van der Waals surface area contributed by atoms with Crippen LogP contribution in [0.25, 0.3) is 6.08 Å². The number of amides is 1. The highest BCUT2D eigenvalue weighted by Crippen LogP contribution is 2.38. The average Bonchev–Trinajstić information content (AvgIpc) is 3.40. The van der Waals surface area contributed by atoms with Gasteiger partial charge in [-0.2, -0.15) is 15.1 Å². The molecule has 2 heterocycles. The minimum atomic E-state index is -0.549. The average molecular weight is 619 g/mol. The summed E-state index contributed by atoms with van der Waals surface area (Å²) in [6.07, 6.45) is 1.53. The molecule has 0 unspecified atom stereocenters. The molecular formula is C32H31ClN4O5S. The molecule has 0 fully saturated rings. The highest BCUT2D eigenvalue weighted by atomic mass is 35.5. The van der Waals surface area contributed by atoms with Gasteiger partial charge in [0.2, 0.25) is 5.17 Å². The van der Waals surface area contributed by atoms with E-state index < -0.39 is 5.91 Å². The fourth-order valence-corrected chi connectivity index (χ4v) is 5.31. The van der Waals surface area contributed by atoms with Crippen LogP contribution in [0.5, 0.6) is 23.0 Å². The maximum absolute atomic E-state index is 12.9. The summed E-state index contributed by atoms with van der Waals surface area (Å²) in [5.74, 6) is 1.53. The van der Waals surface area contributed by atoms with E-state index in [0.29, 0.717) is 39.6 Å². The number of carbonyl (C=O) groups excluding carboxylic acids is 1. The van der Waals surface area contributed by atoms with Crippen LogP contribution >= 0.6 is 23.4 Å². The molecule has 0 radical (unpaired) electrons. The number of benzene rings is 3. The Balaban J connectivity index is 1.23. The summed E-state index contributed by atoms with van der Waals surface area (Å²) < 4.78 is 23.0. The molecular weight excluding hydrogens is 588 g/mol. The van der Waals surface area contributed by atoms with Crippen molar-refractivity contribution >= 4 is 51.4 Å². The van der Waals surface area contributed by atoms with Crippen LogP contribution in [0.15, 0.2) is 82.4 Å². The number of fused-ring (bicyclic) bond motifs is 1. The molecule has 1 N–H and O–H groups in total. The van der Waals surface area contributed by atoms with Crippen LogP contribution in [0.3, 0.4) is 0 Å². The molecule has 5 rings (SSSR count). The minimum absolute atomic E-state index is 0.0657. The predicted octanol–water partition coefficient (Wildman–Crippen LogP) is 6.80. The van der Waals surface area contributed by atoms with E-state index in [1.165, 1.54) is 35.5 Å². The smallest absolute Gasteiger partial charge is 0.283 e. The van der Waals surface area contributed by atoms with Crippen molar-refractivity contribution in [2.45, 2.75) is 26.2 Å². The fourth-order valence-electron chi connectivity index (χ4n) is 4.24. The number of halogens is 1. The number of nitrogens with one attached hydrogen (secondary N) is 1. The molecule has 3 aromatic rings. The molecule has 0 atom stereocenters. The molecule has 0 saturated heterocycles. The molecule has 1 amide bonds. The number of hydrazone groups is 1. The first-order chi connectivity index (χ1) is 20.6. The van der Waals surface area contributed by atoms with E-state index in [0.717, 1.165) is 5.75 Å². The van der Waals surface area contributed by atoms with E-state index in [2.05, 4.69) is 43.0 Å². The number of methoxy groups -OCH3 is 1. The summed E-state index contributed by atoms with van der Waals surface area (Å²) in [5, 5.41) is 15.6. The third-order valence-electron chi connectivity index (χ3n) is 6.48. The molecule has 3 aromatic carbocycles. The number of amidine groups is 2. The van der Waals surface area contributed by atoms with E-state index in [1.807, 2.05) is 42.5 Å². The van der Waals surface area contributed by atoms with Gasteiger partial charge >= 0.3 is 0 Å². The topological polar surface area (TPSA) is 106 Å². The van der Waals surface area contributed by atoms with Crippen LogP contribution in [-0.4, -0.2) is 53.9 Å². The second-order valence-electron chi connectivity index (χ2n) is 10.6. The molecule has 0 aromatic heterocycles. The number of ether oxygens (including phenoxy) is 4. The Bertz CT molecular complexity index is 1620. The van der Waals surface area contributed by atoms with Gasteiger partial charge in [-0.25, -0.2) is 0 Å². The van der Waals surface area contributed by atoms with Crippen LogP contribution in [-0.2, 0) is 10.2 Å². The van der Waals surface area contributed by atoms with Crippen LogP contribution in [0, 0.1) is 5.41 Å². The number of hydrogen-bond acceptors (Lipinski definition) is 8. The first kappa shape index (κ1) is 30.2. The normalized spacial score (nSPS) is 15.7. The first-order valence-corrected chi connectivity index (χ1v) is 14.7. The number of thioether (sulfide) groups is 1. The fraction of sp³-hybridized carbons (Fsp3) is 0.250. The van der Waals surface area contributed by atoms with Crippen molar-refractivity contribution in [2.24, 2.45) is 10.1 Å². The molecule has 0 saturated carbocycles. The van der Waals surface area contributed by atoms with Crippen LogP contribution in [0.1, 0.15) is 31.9 Å². The third kappa shape index (κ3) is 7.21. The second kappa shape index (κ2) is 12.9.